The molecule has 0 bridgehead atoms. The van der Waals surface area contributed by atoms with Crippen molar-refractivity contribution in [1.82, 2.24) is 0 Å². The molecule has 3 rings (SSSR count). The maximum Gasteiger partial charge on any atom is 0.314 e. The van der Waals surface area contributed by atoms with Crippen LogP contribution in [0.2, 0.25) is 0 Å². The summed E-state index contributed by atoms with van der Waals surface area (Å²) in [5, 5.41) is 12.1. The molecule has 1 aliphatic carbocycles. The zero-order chi connectivity index (χ0) is 19.8. The highest BCUT2D eigenvalue weighted by molar-refractivity contribution is 6.07. The number of ether oxygens (including phenoxy) is 2. The van der Waals surface area contributed by atoms with Gasteiger partial charge in [-0.1, -0.05) is 36.4 Å². The summed E-state index contributed by atoms with van der Waals surface area (Å²) in [6.07, 6.45) is 0. The van der Waals surface area contributed by atoms with Crippen molar-refractivity contribution in [2.24, 2.45) is 0 Å². The lowest BCUT2D eigenvalue weighted by Crippen LogP contribution is -2.55. The Morgan fingerprint density at radius 3 is 2.30 bits per heavy atom. The van der Waals surface area contributed by atoms with E-state index in [0.29, 0.717) is 16.9 Å². The third kappa shape index (κ3) is 2.75. The van der Waals surface area contributed by atoms with E-state index in [1.165, 1.54) is 27.2 Å². The van der Waals surface area contributed by atoms with Gasteiger partial charge in [-0.15, -0.1) is 0 Å². The maximum absolute atomic E-state index is 13.1. The third-order valence-corrected chi connectivity index (χ3v) is 5.25. The van der Waals surface area contributed by atoms with Gasteiger partial charge in [0.2, 0.25) is 5.78 Å². The molecule has 0 fully saturated rings. The first-order chi connectivity index (χ1) is 12.9. The van der Waals surface area contributed by atoms with Gasteiger partial charge in [0.05, 0.1) is 26.1 Å². The maximum atomic E-state index is 13.1. The summed E-state index contributed by atoms with van der Waals surface area (Å²) >= 11 is 0. The number of nitro groups is 1. The molecule has 0 N–H and O–H groups in total. The summed E-state index contributed by atoms with van der Waals surface area (Å²) in [4.78, 5) is 37.3. The molecular weight excluding hydrogens is 350 g/mol. The highest BCUT2D eigenvalue weighted by Crippen LogP contribution is 2.49. The molecule has 3 atom stereocenters. The molecule has 0 heterocycles. The van der Waals surface area contributed by atoms with Crippen LogP contribution in [0.1, 0.15) is 40.2 Å². The number of hydrogen-bond donors (Lipinski definition) is 0. The fraction of sp³-hybridized carbons (Fsp3) is 0.300. The second-order valence-electron chi connectivity index (χ2n) is 6.57. The number of ketones is 1. The van der Waals surface area contributed by atoms with Gasteiger partial charge in [0.1, 0.15) is 5.75 Å². The predicted octanol–water partition coefficient (Wildman–Crippen LogP) is 2.97. The second-order valence-corrected chi connectivity index (χ2v) is 6.57. The van der Waals surface area contributed by atoms with E-state index in [1.807, 2.05) is 0 Å². The molecule has 0 aromatic heterocycles. The van der Waals surface area contributed by atoms with Gasteiger partial charge in [-0.2, -0.15) is 0 Å². The first-order valence-electron chi connectivity index (χ1n) is 8.36. The van der Waals surface area contributed by atoms with Crippen molar-refractivity contribution in [3.63, 3.8) is 0 Å². The van der Waals surface area contributed by atoms with E-state index < -0.39 is 34.1 Å². The topological polar surface area (TPSA) is 95.7 Å². The second kappa shape index (κ2) is 6.83. The van der Waals surface area contributed by atoms with Crippen molar-refractivity contribution in [3.8, 4) is 5.75 Å². The Morgan fingerprint density at radius 1 is 1.11 bits per heavy atom. The van der Waals surface area contributed by atoms with Crippen molar-refractivity contribution in [1.29, 1.82) is 0 Å². The normalized spacial score (nSPS) is 24.0. The SMILES string of the molecule is COC(=O)[C@H]1c2ccccc2C(=O)[C@@](C)([N+](=O)[O-])[C@@H]1c1ccc(OC)cc1. The third-order valence-electron chi connectivity index (χ3n) is 5.25. The molecule has 0 spiro atoms. The molecule has 1 aliphatic rings. The van der Waals surface area contributed by atoms with Crippen LogP contribution in [0.4, 0.5) is 0 Å². The lowest BCUT2D eigenvalue weighted by molar-refractivity contribution is -0.551. The smallest absolute Gasteiger partial charge is 0.314 e. The molecule has 0 unspecified atom stereocenters. The van der Waals surface area contributed by atoms with Crippen LogP contribution in [0, 0.1) is 10.1 Å². The van der Waals surface area contributed by atoms with E-state index in [9.17, 15) is 19.7 Å². The minimum Gasteiger partial charge on any atom is -0.497 e. The molecule has 0 saturated carbocycles. The molecule has 7 nitrogen and oxygen atoms in total. The standard InChI is InChI=1S/C20H19NO6/c1-20(21(24)25)17(12-8-10-13(26-2)11-9-12)16(19(23)27-3)14-6-4-5-7-15(14)18(20)22/h4-11,16-17H,1-3H3/t16-,17+,20-/m0/s1. The summed E-state index contributed by atoms with van der Waals surface area (Å²) in [7, 11) is 2.74. The fourth-order valence-corrected chi connectivity index (χ4v) is 3.81. The van der Waals surface area contributed by atoms with Crippen LogP contribution >= 0.6 is 0 Å². The van der Waals surface area contributed by atoms with Crippen LogP contribution in [0.3, 0.4) is 0 Å². The first-order valence-corrected chi connectivity index (χ1v) is 8.36. The number of methoxy groups -OCH3 is 2. The molecule has 0 saturated heterocycles. The van der Waals surface area contributed by atoms with E-state index in [4.69, 9.17) is 9.47 Å². The number of carbonyl (C=O) groups is 2. The molecule has 0 aliphatic heterocycles. The van der Waals surface area contributed by atoms with Gasteiger partial charge >= 0.3 is 5.97 Å². The Morgan fingerprint density at radius 2 is 1.74 bits per heavy atom. The lowest BCUT2D eigenvalue weighted by Gasteiger charge is -2.38. The molecular formula is C20H19NO6. The number of hydrogen-bond acceptors (Lipinski definition) is 6. The Balaban J connectivity index is 2.31. The molecule has 140 valence electrons. The number of carbonyl (C=O) groups excluding carboxylic acids is 2. The summed E-state index contributed by atoms with van der Waals surface area (Å²) < 4.78 is 10.1. The quantitative estimate of drug-likeness (QED) is 0.467. The van der Waals surface area contributed by atoms with E-state index in [0.717, 1.165) is 0 Å². The number of Topliss-reactive ketones (excluding diaryl/α,β-unsaturated/α-hetero) is 1. The summed E-state index contributed by atoms with van der Waals surface area (Å²) in [5.41, 5.74) is -0.901. The van der Waals surface area contributed by atoms with E-state index in [1.54, 1.807) is 42.5 Å². The summed E-state index contributed by atoms with van der Waals surface area (Å²) in [6.45, 7) is 1.27. The van der Waals surface area contributed by atoms with Gasteiger partial charge in [0, 0.05) is 17.4 Å². The first kappa shape index (κ1) is 18.6. The predicted molar refractivity (Wildman–Crippen MR) is 96.7 cm³/mol. The minimum absolute atomic E-state index is 0.178. The molecule has 0 amide bonds. The van der Waals surface area contributed by atoms with Crippen LogP contribution in [0.5, 0.6) is 5.75 Å². The van der Waals surface area contributed by atoms with Gasteiger partial charge < -0.3 is 9.47 Å². The highest BCUT2D eigenvalue weighted by atomic mass is 16.6. The van der Waals surface area contributed by atoms with Gasteiger partial charge in [0.25, 0.3) is 5.54 Å². The Labute approximate surface area is 156 Å². The zero-order valence-corrected chi connectivity index (χ0v) is 15.2. The van der Waals surface area contributed by atoms with Crippen molar-refractivity contribution >= 4 is 11.8 Å². The monoisotopic (exact) mass is 369 g/mol. The van der Waals surface area contributed by atoms with Gasteiger partial charge in [0.15, 0.2) is 0 Å². The van der Waals surface area contributed by atoms with Crippen molar-refractivity contribution < 1.29 is 24.0 Å². The van der Waals surface area contributed by atoms with Gasteiger partial charge in [-0.3, -0.25) is 19.7 Å². The van der Waals surface area contributed by atoms with Crippen LogP contribution in [-0.4, -0.2) is 36.4 Å². The van der Waals surface area contributed by atoms with E-state index in [2.05, 4.69) is 0 Å². The van der Waals surface area contributed by atoms with Gasteiger partial charge in [-0.25, -0.2) is 0 Å². The summed E-state index contributed by atoms with van der Waals surface area (Å²) in [5.74, 6) is -2.67. The number of esters is 1. The number of fused-ring (bicyclic) bond motifs is 1. The average Bonchev–Trinajstić information content (AvgIpc) is 2.69. The number of benzene rings is 2. The van der Waals surface area contributed by atoms with Crippen molar-refractivity contribution in [2.75, 3.05) is 14.2 Å². The zero-order valence-electron chi connectivity index (χ0n) is 15.2. The summed E-state index contributed by atoms with van der Waals surface area (Å²) in [6, 6.07) is 13.1. The van der Waals surface area contributed by atoms with E-state index >= 15 is 0 Å². The number of nitrogens with zero attached hydrogens (tertiary/aromatic N) is 1. The van der Waals surface area contributed by atoms with Crippen LogP contribution in [0.25, 0.3) is 0 Å². The average molecular weight is 369 g/mol. The van der Waals surface area contributed by atoms with Crippen LogP contribution in [0.15, 0.2) is 48.5 Å². The minimum atomic E-state index is -2.01. The molecule has 2 aromatic carbocycles. The van der Waals surface area contributed by atoms with Gasteiger partial charge in [-0.05, 0) is 23.3 Å². The highest BCUT2D eigenvalue weighted by Gasteiger charge is 2.62. The number of rotatable bonds is 4. The Bertz CT molecular complexity index is 907. The largest absolute Gasteiger partial charge is 0.497 e. The van der Waals surface area contributed by atoms with E-state index in [-0.39, 0.29) is 5.56 Å². The molecule has 7 heteroatoms. The molecule has 0 radical (unpaired) electrons. The lowest BCUT2D eigenvalue weighted by atomic mass is 9.62. The van der Waals surface area contributed by atoms with Crippen LogP contribution < -0.4 is 4.74 Å². The Hall–Kier alpha value is -3.22. The molecule has 27 heavy (non-hydrogen) atoms. The van der Waals surface area contributed by atoms with Crippen LogP contribution in [-0.2, 0) is 9.53 Å². The fourth-order valence-electron chi connectivity index (χ4n) is 3.81. The van der Waals surface area contributed by atoms with Crippen molar-refractivity contribution in [3.05, 3.63) is 75.3 Å². The molecule has 2 aromatic rings. The van der Waals surface area contributed by atoms with Crippen molar-refractivity contribution in [2.45, 2.75) is 24.3 Å². The Kier molecular flexibility index (Phi) is 4.70.